The van der Waals surface area contributed by atoms with E-state index in [0.717, 1.165) is 17.0 Å². The molecule has 0 saturated carbocycles. The lowest BCUT2D eigenvalue weighted by molar-refractivity contribution is 0.102. The van der Waals surface area contributed by atoms with Crippen molar-refractivity contribution in [1.29, 1.82) is 0 Å². The summed E-state index contributed by atoms with van der Waals surface area (Å²) in [4.78, 5) is 17.8. The summed E-state index contributed by atoms with van der Waals surface area (Å²) in [6, 6.07) is 14.8. The Kier molecular flexibility index (Phi) is 5.67. The van der Waals surface area contributed by atoms with Gasteiger partial charge in [-0.05, 0) is 36.2 Å². The Hall–Kier alpha value is -3.39. The fraction of sp³-hybridized carbons (Fsp3) is 0.227. The standard InChI is InChI=1S/C22H22N4O3S/c1-14(2)12-29-16-8-6-7-15(11-16)20(27)23-21-24-22-26(25-21)18(13-30-22)17-9-4-5-10-19(17)28-3/h4-11,13-14H,12H2,1-3H3,(H,23,25,27). The van der Waals surface area contributed by atoms with E-state index in [-0.39, 0.29) is 11.9 Å². The largest absolute Gasteiger partial charge is 0.496 e. The lowest BCUT2D eigenvalue weighted by Crippen LogP contribution is -2.13. The van der Waals surface area contributed by atoms with E-state index in [1.807, 2.05) is 35.7 Å². The Labute approximate surface area is 178 Å². The number of ether oxygens (including phenoxy) is 2. The molecule has 4 rings (SSSR count). The van der Waals surface area contributed by atoms with Crippen LogP contribution in [0.15, 0.2) is 53.9 Å². The molecule has 30 heavy (non-hydrogen) atoms. The number of methoxy groups -OCH3 is 1. The van der Waals surface area contributed by atoms with Crippen LogP contribution in [0.3, 0.4) is 0 Å². The molecule has 0 bridgehead atoms. The molecule has 7 nitrogen and oxygen atoms in total. The summed E-state index contributed by atoms with van der Waals surface area (Å²) in [6.07, 6.45) is 0. The first kappa shape index (κ1) is 19.9. The van der Waals surface area contributed by atoms with Gasteiger partial charge in [0, 0.05) is 16.5 Å². The van der Waals surface area contributed by atoms with Crippen LogP contribution in [0.2, 0.25) is 0 Å². The fourth-order valence-electron chi connectivity index (χ4n) is 2.94. The van der Waals surface area contributed by atoms with Crippen molar-refractivity contribution >= 4 is 28.2 Å². The Morgan fingerprint density at radius 1 is 1.20 bits per heavy atom. The predicted molar refractivity (Wildman–Crippen MR) is 118 cm³/mol. The number of fused-ring (bicyclic) bond motifs is 1. The molecular weight excluding hydrogens is 400 g/mol. The number of amides is 1. The van der Waals surface area contributed by atoms with Gasteiger partial charge >= 0.3 is 0 Å². The topological polar surface area (TPSA) is 77.8 Å². The third-order valence-electron chi connectivity index (χ3n) is 4.37. The summed E-state index contributed by atoms with van der Waals surface area (Å²) in [5, 5.41) is 9.21. The van der Waals surface area contributed by atoms with Crippen LogP contribution in [0.25, 0.3) is 16.2 Å². The van der Waals surface area contributed by atoms with Crippen molar-refractivity contribution in [2.75, 3.05) is 19.0 Å². The molecule has 0 radical (unpaired) electrons. The molecule has 0 aliphatic rings. The molecule has 2 heterocycles. The second-order valence-electron chi connectivity index (χ2n) is 7.14. The summed E-state index contributed by atoms with van der Waals surface area (Å²) in [5.41, 5.74) is 2.24. The summed E-state index contributed by atoms with van der Waals surface area (Å²) in [7, 11) is 1.63. The van der Waals surface area contributed by atoms with Gasteiger partial charge < -0.3 is 9.47 Å². The van der Waals surface area contributed by atoms with Gasteiger partial charge in [-0.15, -0.1) is 16.4 Å². The summed E-state index contributed by atoms with van der Waals surface area (Å²) < 4.78 is 12.9. The van der Waals surface area contributed by atoms with Crippen LogP contribution in [0, 0.1) is 5.92 Å². The summed E-state index contributed by atoms with van der Waals surface area (Å²) in [5.74, 6) is 1.77. The number of anilines is 1. The summed E-state index contributed by atoms with van der Waals surface area (Å²) >= 11 is 1.45. The molecule has 0 aliphatic carbocycles. The van der Waals surface area contributed by atoms with Gasteiger partial charge in [-0.2, -0.15) is 4.98 Å². The van der Waals surface area contributed by atoms with Crippen molar-refractivity contribution in [3.63, 3.8) is 0 Å². The molecule has 0 spiro atoms. The maximum atomic E-state index is 12.7. The second kappa shape index (κ2) is 8.54. The van der Waals surface area contributed by atoms with Crippen molar-refractivity contribution in [2.45, 2.75) is 13.8 Å². The monoisotopic (exact) mass is 422 g/mol. The average molecular weight is 423 g/mol. The molecule has 4 aromatic rings. The smallest absolute Gasteiger partial charge is 0.258 e. The molecule has 0 fully saturated rings. The van der Waals surface area contributed by atoms with E-state index < -0.39 is 0 Å². The lowest BCUT2D eigenvalue weighted by Gasteiger charge is -2.09. The van der Waals surface area contributed by atoms with E-state index in [1.54, 1.807) is 29.8 Å². The highest BCUT2D eigenvalue weighted by Gasteiger charge is 2.16. The number of thiazole rings is 1. The van der Waals surface area contributed by atoms with Gasteiger partial charge in [0.25, 0.3) is 11.9 Å². The minimum Gasteiger partial charge on any atom is -0.496 e. The highest BCUT2D eigenvalue weighted by Crippen LogP contribution is 2.32. The normalized spacial score (nSPS) is 11.1. The zero-order chi connectivity index (χ0) is 21.1. The minimum atomic E-state index is -0.290. The Bertz CT molecular complexity index is 1180. The van der Waals surface area contributed by atoms with E-state index in [0.29, 0.717) is 28.8 Å². The number of hydrogen-bond acceptors (Lipinski definition) is 6. The number of carbonyl (C=O) groups excluding carboxylic acids is 1. The number of nitrogens with one attached hydrogen (secondary N) is 1. The number of carbonyl (C=O) groups is 1. The van der Waals surface area contributed by atoms with Gasteiger partial charge in [0.1, 0.15) is 11.5 Å². The fourth-order valence-corrected chi connectivity index (χ4v) is 3.76. The molecule has 0 aliphatic heterocycles. The van der Waals surface area contributed by atoms with Crippen LogP contribution in [0.4, 0.5) is 5.95 Å². The molecule has 8 heteroatoms. The minimum absolute atomic E-state index is 0.247. The van der Waals surface area contributed by atoms with Crippen molar-refractivity contribution in [1.82, 2.24) is 14.6 Å². The molecule has 1 amide bonds. The van der Waals surface area contributed by atoms with Crippen molar-refractivity contribution in [3.05, 3.63) is 59.5 Å². The Morgan fingerprint density at radius 2 is 2.03 bits per heavy atom. The number of para-hydroxylation sites is 1. The van der Waals surface area contributed by atoms with Crippen LogP contribution in [0.1, 0.15) is 24.2 Å². The Balaban J connectivity index is 1.56. The van der Waals surface area contributed by atoms with Gasteiger partial charge in [0.05, 0.1) is 19.4 Å². The zero-order valence-corrected chi connectivity index (χ0v) is 17.8. The second-order valence-corrected chi connectivity index (χ2v) is 7.97. The van der Waals surface area contributed by atoms with Crippen LogP contribution >= 0.6 is 11.3 Å². The van der Waals surface area contributed by atoms with Gasteiger partial charge in [-0.1, -0.05) is 32.0 Å². The molecular formula is C22H22N4O3S. The quantitative estimate of drug-likeness (QED) is 0.465. The highest BCUT2D eigenvalue weighted by atomic mass is 32.1. The number of benzene rings is 2. The number of aromatic nitrogens is 3. The van der Waals surface area contributed by atoms with Crippen LogP contribution < -0.4 is 14.8 Å². The first-order valence-electron chi connectivity index (χ1n) is 9.57. The molecule has 0 atom stereocenters. The summed E-state index contributed by atoms with van der Waals surface area (Å²) in [6.45, 7) is 4.74. The third kappa shape index (κ3) is 4.13. The van der Waals surface area contributed by atoms with E-state index in [1.165, 1.54) is 11.3 Å². The molecule has 154 valence electrons. The van der Waals surface area contributed by atoms with Gasteiger partial charge in [0.2, 0.25) is 4.96 Å². The first-order valence-corrected chi connectivity index (χ1v) is 10.4. The van der Waals surface area contributed by atoms with E-state index in [4.69, 9.17) is 9.47 Å². The maximum Gasteiger partial charge on any atom is 0.258 e. The lowest BCUT2D eigenvalue weighted by atomic mass is 10.1. The average Bonchev–Trinajstić information content (AvgIpc) is 3.32. The third-order valence-corrected chi connectivity index (χ3v) is 5.19. The number of nitrogens with zero attached hydrogens (tertiary/aromatic N) is 3. The SMILES string of the molecule is COc1ccccc1-c1csc2nc(NC(=O)c3cccc(OCC(C)C)c3)nn12. The maximum absolute atomic E-state index is 12.7. The highest BCUT2D eigenvalue weighted by molar-refractivity contribution is 7.15. The Morgan fingerprint density at radius 3 is 2.83 bits per heavy atom. The van der Waals surface area contributed by atoms with Crippen molar-refractivity contribution < 1.29 is 14.3 Å². The zero-order valence-electron chi connectivity index (χ0n) is 17.0. The van der Waals surface area contributed by atoms with Gasteiger partial charge in [0.15, 0.2) is 0 Å². The predicted octanol–water partition coefficient (Wildman–Crippen LogP) is 4.75. The molecule has 2 aromatic heterocycles. The van der Waals surface area contributed by atoms with E-state index >= 15 is 0 Å². The molecule has 0 saturated heterocycles. The number of rotatable bonds is 7. The molecule has 0 unspecified atom stereocenters. The molecule has 1 N–H and O–H groups in total. The van der Waals surface area contributed by atoms with Gasteiger partial charge in [-0.3, -0.25) is 10.1 Å². The first-order chi connectivity index (χ1) is 14.5. The van der Waals surface area contributed by atoms with Crippen LogP contribution in [-0.4, -0.2) is 34.2 Å². The number of hydrogen-bond donors (Lipinski definition) is 1. The van der Waals surface area contributed by atoms with Crippen molar-refractivity contribution in [2.24, 2.45) is 5.92 Å². The van der Waals surface area contributed by atoms with E-state index in [2.05, 4.69) is 29.2 Å². The van der Waals surface area contributed by atoms with Crippen LogP contribution in [0.5, 0.6) is 11.5 Å². The van der Waals surface area contributed by atoms with Gasteiger partial charge in [-0.25, -0.2) is 4.52 Å². The van der Waals surface area contributed by atoms with Crippen LogP contribution in [-0.2, 0) is 0 Å². The van der Waals surface area contributed by atoms with E-state index in [9.17, 15) is 4.79 Å². The molecule has 2 aromatic carbocycles. The van der Waals surface area contributed by atoms with Crippen molar-refractivity contribution in [3.8, 4) is 22.8 Å².